The Kier molecular flexibility index (Phi) is 4.86. The van der Waals surface area contributed by atoms with Crippen molar-refractivity contribution in [1.29, 1.82) is 0 Å². The fraction of sp³-hybridized carbons (Fsp3) is 0.389. The SMILES string of the molecule is Cc1cc(C(=O)N2CCCCCC2)nc(Nc2ccccc2)n1. The molecule has 0 radical (unpaired) electrons. The number of aryl methyl sites for hydroxylation is 1. The van der Waals surface area contributed by atoms with Gasteiger partial charge in [0.2, 0.25) is 5.95 Å². The number of carbonyl (C=O) groups is 1. The maximum Gasteiger partial charge on any atom is 0.272 e. The minimum atomic E-state index is 0.00788. The highest BCUT2D eigenvalue weighted by molar-refractivity contribution is 5.92. The van der Waals surface area contributed by atoms with Crippen molar-refractivity contribution in [3.05, 3.63) is 47.8 Å². The Bertz CT molecular complexity index is 664. The van der Waals surface area contributed by atoms with E-state index in [1.165, 1.54) is 12.8 Å². The molecule has 1 aromatic heterocycles. The molecule has 0 spiro atoms. The van der Waals surface area contributed by atoms with Gasteiger partial charge in [0.25, 0.3) is 5.91 Å². The number of nitrogens with zero attached hydrogens (tertiary/aromatic N) is 3. The predicted molar refractivity (Wildman–Crippen MR) is 90.9 cm³/mol. The van der Waals surface area contributed by atoms with Crippen molar-refractivity contribution < 1.29 is 4.79 Å². The summed E-state index contributed by atoms with van der Waals surface area (Å²) < 4.78 is 0. The molecule has 0 bridgehead atoms. The Labute approximate surface area is 136 Å². The zero-order valence-electron chi connectivity index (χ0n) is 13.5. The summed E-state index contributed by atoms with van der Waals surface area (Å²) >= 11 is 0. The summed E-state index contributed by atoms with van der Waals surface area (Å²) in [5.74, 6) is 0.475. The lowest BCUT2D eigenvalue weighted by atomic mass is 10.2. The first-order valence-electron chi connectivity index (χ1n) is 8.19. The third kappa shape index (κ3) is 4.06. The Morgan fingerprint density at radius 3 is 2.43 bits per heavy atom. The van der Waals surface area contributed by atoms with Crippen LogP contribution in [-0.2, 0) is 0 Å². The molecule has 0 atom stereocenters. The zero-order chi connectivity index (χ0) is 16.1. The van der Waals surface area contributed by atoms with Gasteiger partial charge < -0.3 is 10.2 Å². The van der Waals surface area contributed by atoms with Gasteiger partial charge in [-0.05, 0) is 38.0 Å². The van der Waals surface area contributed by atoms with E-state index in [-0.39, 0.29) is 5.91 Å². The number of carbonyl (C=O) groups excluding carboxylic acids is 1. The number of likely N-dealkylation sites (tertiary alicyclic amines) is 1. The maximum absolute atomic E-state index is 12.7. The number of hydrogen-bond acceptors (Lipinski definition) is 4. The van der Waals surface area contributed by atoms with E-state index in [1.807, 2.05) is 42.2 Å². The number of benzene rings is 1. The summed E-state index contributed by atoms with van der Waals surface area (Å²) in [5, 5.41) is 3.16. The van der Waals surface area contributed by atoms with Crippen LogP contribution in [0.1, 0.15) is 41.9 Å². The summed E-state index contributed by atoms with van der Waals surface area (Å²) in [7, 11) is 0. The maximum atomic E-state index is 12.7. The summed E-state index contributed by atoms with van der Waals surface area (Å²) in [6, 6.07) is 11.5. The number of aromatic nitrogens is 2. The second kappa shape index (κ2) is 7.22. The van der Waals surface area contributed by atoms with E-state index in [4.69, 9.17) is 0 Å². The molecule has 1 fully saturated rings. The molecule has 1 aliphatic rings. The van der Waals surface area contributed by atoms with E-state index in [1.54, 1.807) is 6.07 Å². The minimum Gasteiger partial charge on any atom is -0.337 e. The first kappa shape index (κ1) is 15.5. The number of para-hydroxylation sites is 1. The molecule has 2 heterocycles. The molecule has 1 aliphatic heterocycles. The van der Waals surface area contributed by atoms with Gasteiger partial charge in [0.1, 0.15) is 5.69 Å². The van der Waals surface area contributed by atoms with Gasteiger partial charge in [0, 0.05) is 24.5 Å². The summed E-state index contributed by atoms with van der Waals surface area (Å²) in [6.45, 7) is 3.53. The largest absolute Gasteiger partial charge is 0.337 e. The highest BCUT2D eigenvalue weighted by Gasteiger charge is 2.19. The standard InChI is InChI=1S/C18H22N4O/c1-14-13-16(17(23)22-11-7-2-3-8-12-22)21-18(19-14)20-15-9-5-4-6-10-15/h4-6,9-10,13H,2-3,7-8,11-12H2,1H3,(H,19,20,21). The predicted octanol–water partition coefficient (Wildman–Crippen LogP) is 3.54. The molecular weight excluding hydrogens is 288 g/mol. The average Bonchev–Trinajstić information content (AvgIpc) is 2.84. The Morgan fingerprint density at radius 1 is 1.04 bits per heavy atom. The summed E-state index contributed by atoms with van der Waals surface area (Å²) in [6.07, 6.45) is 4.55. The molecule has 1 aromatic carbocycles. The molecule has 5 heteroatoms. The fourth-order valence-corrected chi connectivity index (χ4v) is 2.82. The van der Waals surface area contributed by atoms with E-state index >= 15 is 0 Å². The second-order valence-corrected chi connectivity index (χ2v) is 5.92. The molecule has 0 saturated carbocycles. The lowest BCUT2D eigenvalue weighted by Gasteiger charge is -2.20. The van der Waals surface area contributed by atoms with Crippen molar-refractivity contribution in [1.82, 2.24) is 14.9 Å². The molecule has 1 amide bonds. The normalized spacial score (nSPS) is 15.1. The molecule has 1 N–H and O–H groups in total. The van der Waals surface area contributed by atoms with E-state index < -0.39 is 0 Å². The first-order chi connectivity index (χ1) is 11.2. The van der Waals surface area contributed by atoms with Crippen molar-refractivity contribution in [2.75, 3.05) is 18.4 Å². The molecule has 3 rings (SSSR count). The summed E-state index contributed by atoms with van der Waals surface area (Å²) in [4.78, 5) is 23.4. The van der Waals surface area contributed by atoms with Gasteiger partial charge in [0.15, 0.2) is 0 Å². The Hall–Kier alpha value is -2.43. The molecule has 0 aliphatic carbocycles. The zero-order valence-corrected chi connectivity index (χ0v) is 13.5. The van der Waals surface area contributed by atoms with Crippen molar-refractivity contribution in [2.24, 2.45) is 0 Å². The average molecular weight is 310 g/mol. The van der Waals surface area contributed by atoms with Crippen LogP contribution < -0.4 is 5.32 Å². The van der Waals surface area contributed by atoms with Gasteiger partial charge in [-0.1, -0.05) is 31.0 Å². The number of anilines is 2. The van der Waals surface area contributed by atoms with Crippen molar-refractivity contribution in [2.45, 2.75) is 32.6 Å². The smallest absolute Gasteiger partial charge is 0.272 e. The van der Waals surface area contributed by atoms with Crippen LogP contribution in [0.5, 0.6) is 0 Å². The van der Waals surface area contributed by atoms with Gasteiger partial charge in [0.05, 0.1) is 0 Å². The first-order valence-corrected chi connectivity index (χ1v) is 8.19. The molecule has 2 aromatic rings. The van der Waals surface area contributed by atoms with Crippen LogP contribution in [0, 0.1) is 6.92 Å². The van der Waals surface area contributed by atoms with Crippen LogP contribution in [0.2, 0.25) is 0 Å². The number of hydrogen-bond donors (Lipinski definition) is 1. The monoisotopic (exact) mass is 310 g/mol. The van der Waals surface area contributed by atoms with E-state index in [0.717, 1.165) is 37.3 Å². The van der Waals surface area contributed by atoms with Gasteiger partial charge in [-0.3, -0.25) is 4.79 Å². The molecular formula is C18H22N4O. The minimum absolute atomic E-state index is 0.00788. The van der Waals surface area contributed by atoms with Crippen LogP contribution >= 0.6 is 0 Å². The molecule has 5 nitrogen and oxygen atoms in total. The highest BCUT2D eigenvalue weighted by Crippen LogP contribution is 2.16. The quantitative estimate of drug-likeness (QED) is 0.942. The van der Waals surface area contributed by atoms with Crippen LogP contribution in [0.15, 0.2) is 36.4 Å². The van der Waals surface area contributed by atoms with Gasteiger partial charge in [-0.2, -0.15) is 0 Å². The molecule has 1 saturated heterocycles. The third-order valence-corrected chi connectivity index (χ3v) is 4.00. The second-order valence-electron chi connectivity index (χ2n) is 5.92. The number of nitrogens with one attached hydrogen (secondary N) is 1. The molecule has 23 heavy (non-hydrogen) atoms. The van der Waals surface area contributed by atoms with Crippen LogP contribution in [0.3, 0.4) is 0 Å². The van der Waals surface area contributed by atoms with Crippen LogP contribution in [0.4, 0.5) is 11.6 Å². The van der Waals surface area contributed by atoms with Crippen molar-refractivity contribution in [3.63, 3.8) is 0 Å². The lowest BCUT2D eigenvalue weighted by Crippen LogP contribution is -2.32. The van der Waals surface area contributed by atoms with E-state index in [2.05, 4.69) is 15.3 Å². The van der Waals surface area contributed by atoms with Crippen LogP contribution in [-0.4, -0.2) is 33.9 Å². The van der Waals surface area contributed by atoms with Gasteiger partial charge >= 0.3 is 0 Å². The van der Waals surface area contributed by atoms with Crippen LogP contribution in [0.25, 0.3) is 0 Å². The molecule has 0 unspecified atom stereocenters. The van der Waals surface area contributed by atoms with Crippen molar-refractivity contribution >= 4 is 17.5 Å². The van der Waals surface area contributed by atoms with Gasteiger partial charge in [-0.25, -0.2) is 9.97 Å². The summed E-state index contributed by atoms with van der Waals surface area (Å²) in [5.41, 5.74) is 2.17. The number of rotatable bonds is 3. The lowest BCUT2D eigenvalue weighted by molar-refractivity contribution is 0.0755. The Balaban J connectivity index is 1.80. The van der Waals surface area contributed by atoms with E-state index in [0.29, 0.717) is 11.6 Å². The topological polar surface area (TPSA) is 58.1 Å². The van der Waals surface area contributed by atoms with Gasteiger partial charge in [-0.15, -0.1) is 0 Å². The number of amides is 1. The molecule has 120 valence electrons. The Morgan fingerprint density at radius 2 is 1.74 bits per heavy atom. The van der Waals surface area contributed by atoms with E-state index in [9.17, 15) is 4.79 Å². The third-order valence-electron chi connectivity index (χ3n) is 4.00. The highest BCUT2D eigenvalue weighted by atomic mass is 16.2. The fourth-order valence-electron chi connectivity index (χ4n) is 2.82. The van der Waals surface area contributed by atoms with Crippen molar-refractivity contribution in [3.8, 4) is 0 Å².